The van der Waals surface area contributed by atoms with Gasteiger partial charge in [-0.15, -0.1) is 0 Å². The Morgan fingerprint density at radius 2 is 1.76 bits per heavy atom. The number of hydrogen-bond acceptors (Lipinski definition) is 7. The number of carbonyl (C=O) groups excluding carboxylic acids is 3. The van der Waals surface area contributed by atoms with Crippen molar-refractivity contribution in [2.24, 2.45) is 5.92 Å². The van der Waals surface area contributed by atoms with Gasteiger partial charge in [-0.1, -0.05) is 62.4 Å². The molecule has 2 amide bonds. The summed E-state index contributed by atoms with van der Waals surface area (Å²) in [6.07, 6.45) is 3.45. The van der Waals surface area contributed by atoms with Crippen molar-refractivity contribution in [1.29, 1.82) is 0 Å². The summed E-state index contributed by atoms with van der Waals surface area (Å²) in [5.41, 5.74) is 2.18. The molecule has 9 nitrogen and oxygen atoms in total. The molecular weight excluding hydrogens is 428 g/mol. The molecule has 0 radical (unpaired) electrons. The maximum Gasteiger partial charge on any atom is 0.407 e. The highest BCUT2D eigenvalue weighted by Gasteiger charge is 2.32. The second-order valence-corrected chi connectivity index (χ2v) is 9.34. The predicted octanol–water partition coefficient (Wildman–Crippen LogP) is 3.00. The maximum absolute atomic E-state index is 12.4. The molecule has 1 aromatic carbocycles. The summed E-state index contributed by atoms with van der Waals surface area (Å²) < 4.78 is 10.3. The highest BCUT2D eigenvalue weighted by Crippen LogP contribution is 2.28. The highest BCUT2D eigenvalue weighted by molar-refractivity contribution is 5.81. The summed E-state index contributed by atoms with van der Waals surface area (Å²) in [5.74, 6) is -1.24. The molecule has 1 unspecified atom stereocenters. The molecule has 33 heavy (non-hydrogen) atoms. The lowest BCUT2D eigenvalue weighted by molar-refractivity contribution is -0.158. The molecule has 0 saturated heterocycles. The first-order chi connectivity index (χ1) is 15.6. The van der Waals surface area contributed by atoms with Gasteiger partial charge in [0.1, 0.15) is 12.2 Å². The molecule has 184 valence electrons. The van der Waals surface area contributed by atoms with Crippen LogP contribution >= 0.6 is 0 Å². The smallest absolute Gasteiger partial charge is 0.407 e. The third-order valence-corrected chi connectivity index (χ3v) is 5.27. The number of benzene rings is 1. The summed E-state index contributed by atoms with van der Waals surface area (Å²) in [7, 11) is 0. The van der Waals surface area contributed by atoms with E-state index in [1.807, 2.05) is 30.3 Å². The lowest BCUT2D eigenvalue weighted by atomic mass is 9.83. The number of aliphatic hydroxyl groups is 1. The monoisotopic (exact) mass is 464 g/mol. The topological polar surface area (TPSA) is 123 Å². The molecular formula is C24H36N2O7. The molecule has 1 aliphatic carbocycles. The van der Waals surface area contributed by atoms with Crippen LogP contribution in [0.2, 0.25) is 0 Å². The number of amides is 2. The third kappa shape index (κ3) is 10.7. The predicted molar refractivity (Wildman–Crippen MR) is 121 cm³/mol. The summed E-state index contributed by atoms with van der Waals surface area (Å²) in [6.45, 7) is 4.77. The molecule has 0 bridgehead atoms. The summed E-state index contributed by atoms with van der Waals surface area (Å²) in [4.78, 5) is 41.4. The minimum Gasteiger partial charge on any atom is -0.459 e. The number of hydrogen-bond donors (Lipinski definition) is 3. The van der Waals surface area contributed by atoms with Crippen LogP contribution < -0.4 is 10.8 Å². The molecule has 0 aromatic heterocycles. The number of hydroxylamine groups is 1. The van der Waals surface area contributed by atoms with Crippen molar-refractivity contribution in [2.45, 2.75) is 83.6 Å². The van der Waals surface area contributed by atoms with Crippen molar-refractivity contribution in [3.8, 4) is 0 Å². The molecule has 9 heteroatoms. The van der Waals surface area contributed by atoms with E-state index in [9.17, 15) is 19.5 Å². The Balaban J connectivity index is 1.83. The quantitative estimate of drug-likeness (QED) is 0.359. The zero-order valence-corrected chi connectivity index (χ0v) is 19.7. The zero-order chi connectivity index (χ0) is 24.3. The molecule has 0 spiro atoms. The van der Waals surface area contributed by atoms with Gasteiger partial charge in [0, 0.05) is 0 Å². The van der Waals surface area contributed by atoms with E-state index in [2.05, 4.69) is 10.8 Å². The molecule has 2 atom stereocenters. The summed E-state index contributed by atoms with van der Waals surface area (Å²) >= 11 is 0. The number of ether oxygens (including phenoxy) is 2. The fourth-order valence-electron chi connectivity index (χ4n) is 3.70. The van der Waals surface area contributed by atoms with E-state index in [4.69, 9.17) is 14.3 Å². The van der Waals surface area contributed by atoms with Crippen molar-refractivity contribution in [2.75, 3.05) is 6.61 Å². The Kier molecular flexibility index (Phi) is 10.6. The minimum absolute atomic E-state index is 0.0862. The van der Waals surface area contributed by atoms with E-state index in [0.717, 1.165) is 37.7 Å². The van der Waals surface area contributed by atoms with E-state index < -0.39 is 42.3 Å². The van der Waals surface area contributed by atoms with Crippen LogP contribution in [0.1, 0.15) is 64.9 Å². The normalized spacial score (nSPS) is 16.4. The third-order valence-electron chi connectivity index (χ3n) is 5.27. The average molecular weight is 465 g/mol. The molecule has 1 saturated carbocycles. The van der Waals surface area contributed by atoms with Crippen LogP contribution in [0.15, 0.2) is 30.3 Å². The number of aliphatic hydroxyl groups excluding tert-OH is 1. The van der Waals surface area contributed by atoms with Crippen molar-refractivity contribution in [3.05, 3.63) is 35.9 Å². The largest absolute Gasteiger partial charge is 0.459 e. The van der Waals surface area contributed by atoms with Gasteiger partial charge in [-0.3, -0.25) is 9.63 Å². The number of carbonyl (C=O) groups is 3. The number of rotatable bonds is 10. The molecule has 1 aromatic rings. The van der Waals surface area contributed by atoms with Crippen LogP contribution in [0.3, 0.4) is 0 Å². The molecule has 0 aliphatic heterocycles. The van der Waals surface area contributed by atoms with Gasteiger partial charge < -0.3 is 19.9 Å². The molecule has 1 fully saturated rings. The lowest BCUT2D eigenvalue weighted by Crippen LogP contribution is -2.52. The second kappa shape index (κ2) is 13.2. The van der Waals surface area contributed by atoms with Crippen LogP contribution in [0.5, 0.6) is 0 Å². The van der Waals surface area contributed by atoms with Gasteiger partial charge in [0.15, 0.2) is 12.7 Å². The number of alkyl carbamates (subject to hydrolysis) is 1. The van der Waals surface area contributed by atoms with Crippen LogP contribution in [0.4, 0.5) is 4.79 Å². The highest BCUT2D eigenvalue weighted by atomic mass is 16.7. The van der Waals surface area contributed by atoms with E-state index in [1.54, 1.807) is 20.8 Å². The molecule has 0 heterocycles. The fraction of sp³-hybridized carbons (Fsp3) is 0.625. The van der Waals surface area contributed by atoms with Gasteiger partial charge in [0.25, 0.3) is 5.91 Å². The van der Waals surface area contributed by atoms with Gasteiger partial charge in [-0.05, 0) is 38.7 Å². The maximum atomic E-state index is 12.4. The van der Waals surface area contributed by atoms with Gasteiger partial charge in [-0.25, -0.2) is 15.1 Å². The van der Waals surface area contributed by atoms with Crippen LogP contribution in [0.25, 0.3) is 0 Å². The number of esters is 1. The Bertz CT molecular complexity index is 758. The second-order valence-electron chi connectivity index (χ2n) is 9.34. The van der Waals surface area contributed by atoms with Crippen molar-refractivity contribution in [1.82, 2.24) is 10.8 Å². The molecule has 2 rings (SSSR count). The van der Waals surface area contributed by atoms with Crippen molar-refractivity contribution >= 4 is 18.0 Å². The Hall–Kier alpha value is -2.65. The van der Waals surface area contributed by atoms with Crippen LogP contribution in [0, 0.1) is 5.92 Å². The Labute approximate surface area is 195 Å². The van der Waals surface area contributed by atoms with Gasteiger partial charge >= 0.3 is 12.1 Å². The van der Waals surface area contributed by atoms with E-state index in [0.29, 0.717) is 6.42 Å². The first-order valence-electron chi connectivity index (χ1n) is 11.4. The first kappa shape index (κ1) is 26.6. The van der Waals surface area contributed by atoms with Crippen LogP contribution in [-0.4, -0.2) is 47.4 Å². The minimum atomic E-state index is -1.57. The molecule has 1 aliphatic rings. The fourth-order valence-corrected chi connectivity index (χ4v) is 3.70. The molecule has 3 N–H and O–H groups in total. The summed E-state index contributed by atoms with van der Waals surface area (Å²) in [5, 5.41) is 13.2. The zero-order valence-electron chi connectivity index (χ0n) is 19.7. The first-order valence-corrected chi connectivity index (χ1v) is 11.4. The van der Waals surface area contributed by atoms with Crippen molar-refractivity contribution < 1.29 is 33.8 Å². The van der Waals surface area contributed by atoms with Gasteiger partial charge in [0.2, 0.25) is 0 Å². The van der Waals surface area contributed by atoms with E-state index >= 15 is 0 Å². The summed E-state index contributed by atoms with van der Waals surface area (Å²) in [6, 6.07) is 8.30. The Morgan fingerprint density at radius 1 is 1.09 bits per heavy atom. The lowest BCUT2D eigenvalue weighted by Gasteiger charge is -2.30. The van der Waals surface area contributed by atoms with E-state index in [1.165, 1.54) is 0 Å². The number of nitrogens with one attached hydrogen (secondary N) is 2. The Morgan fingerprint density at radius 3 is 2.39 bits per heavy atom. The van der Waals surface area contributed by atoms with Gasteiger partial charge in [-0.2, -0.15) is 0 Å². The van der Waals surface area contributed by atoms with Gasteiger partial charge in [0.05, 0.1) is 6.04 Å². The standard InChI is InChI=1S/C24H36N2O7/c1-24(2,3)33-23(30)25-19(14-17-10-6-4-7-11-17)21(28)22(29)26-32-16-20(27)31-15-18-12-8-5-9-13-18/h5,8-9,12-13,17,19,21,28H,4,6-7,10-11,14-16H2,1-3H3,(H,25,30)(H,26,29)/t19-,21?/m1/s1. The SMILES string of the molecule is CC(C)(C)OC(=O)N[C@H](CC1CCCCC1)C(O)C(=O)NOCC(=O)OCc1ccccc1. The van der Waals surface area contributed by atoms with E-state index in [-0.39, 0.29) is 12.5 Å². The van der Waals surface area contributed by atoms with Crippen LogP contribution in [-0.2, 0) is 30.5 Å². The van der Waals surface area contributed by atoms with Crippen molar-refractivity contribution in [3.63, 3.8) is 0 Å². The average Bonchev–Trinajstić information content (AvgIpc) is 2.77.